The summed E-state index contributed by atoms with van der Waals surface area (Å²) in [5.41, 5.74) is 1.46. The summed E-state index contributed by atoms with van der Waals surface area (Å²) in [5.74, 6) is 1.64. The van der Waals surface area contributed by atoms with E-state index in [0.717, 1.165) is 17.5 Å². The van der Waals surface area contributed by atoms with Gasteiger partial charge in [-0.15, -0.1) is 0 Å². The standard InChI is InChI=1S/C12H12ClNO3.C10H8ClNO2.C3H8O/c1-15-7-17-12-5-8-9(13)3-4-14-10(8)6-11(12)16-2;1-14-10-5-8-6(4-9(10)13)7(11)2-3-12-8;1-3-4-2/h3-6H,7H2,1-2H3;2-5,13H,1H3;3H2,1-2H3. The molecule has 0 aliphatic rings. The lowest BCUT2D eigenvalue weighted by Crippen LogP contribution is -2.01. The number of hydrogen-bond donors (Lipinski definition) is 1. The van der Waals surface area contributed by atoms with E-state index in [1.54, 1.807) is 70.1 Å². The van der Waals surface area contributed by atoms with Crippen LogP contribution in [0.25, 0.3) is 21.8 Å². The molecule has 0 unspecified atom stereocenters. The molecule has 8 nitrogen and oxygen atoms in total. The minimum absolute atomic E-state index is 0.0647. The zero-order valence-electron chi connectivity index (χ0n) is 20.2. The minimum atomic E-state index is 0.0647. The minimum Gasteiger partial charge on any atom is -0.504 e. The van der Waals surface area contributed by atoms with Gasteiger partial charge in [-0.3, -0.25) is 9.97 Å². The summed E-state index contributed by atoms with van der Waals surface area (Å²) in [7, 11) is 6.30. The highest BCUT2D eigenvalue weighted by molar-refractivity contribution is 6.35. The molecular formula is C25H28Cl2N2O6. The molecule has 2 aromatic heterocycles. The Morgan fingerprint density at radius 1 is 0.743 bits per heavy atom. The number of fused-ring (bicyclic) bond motifs is 2. The van der Waals surface area contributed by atoms with Crippen LogP contribution in [0.2, 0.25) is 10.0 Å². The Morgan fingerprint density at radius 3 is 1.74 bits per heavy atom. The number of aromatic nitrogens is 2. The quantitative estimate of drug-likeness (QED) is 0.302. The van der Waals surface area contributed by atoms with E-state index in [-0.39, 0.29) is 12.5 Å². The van der Waals surface area contributed by atoms with Crippen molar-refractivity contribution in [1.82, 2.24) is 9.97 Å². The second kappa shape index (κ2) is 14.4. The van der Waals surface area contributed by atoms with Gasteiger partial charge in [-0.2, -0.15) is 0 Å². The summed E-state index contributed by atoms with van der Waals surface area (Å²) in [6.45, 7) is 2.93. The van der Waals surface area contributed by atoms with Crippen LogP contribution in [0.1, 0.15) is 6.92 Å². The Balaban J connectivity index is 0.000000217. The van der Waals surface area contributed by atoms with Gasteiger partial charge in [-0.1, -0.05) is 23.2 Å². The van der Waals surface area contributed by atoms with Crippen molar-refractivity contribution in [2.75, 3.05) is 41.8 Å². The Labute approximate surface area is 214 Å². The number of hydrogen-bond acceptors (Lipinski definition) is 8. The lowest BCUT2D eigenvalue weighted by molar-refractivity contribution is 0.0493. The highest BCUT2D eigenvalue weighted by Crippen LogP contribution is 2.35. The van der Waals surface area contributed by atoms with Gasteiger partial charge in [0.2, 0.25) is 0 Å². The number of pyridine rings is 2. The molecule has 0 aliphatic heterocycles. The lowest BCUT2D eigenvalue weighted by atomic mass is 10.2. The van der Waals surface area contributed by atoms with E-state index >= 15 is 0 Å². The van der Waals surface area contributed by atoms with Crippen LogP contribution in [0.4, 0.5) is 0 Å². The summed E-state index contributed by atoms with van der Waals surface area (Å²) >= 11 is 12.0. The molecule has 0 amide bonds. The van der Waals surface area contributed by atoms with Crippen molar-refractivity contribution in [2.24, 2.45) is 0 Å². The zero-order valence-corrected chi connectivity index (χ0v) is 21.7. The number of phenols is 1. The topological polar surface area (TPSA) is 92.2 Å². The molecule has 35 heavy (non-hydrogen) atoms. The number of halogens is 2. The molecule has 10 heteroatoms. The van der Waals surface area contributed by atoms with Gasteiger partial charge in [0.05, 0.1) is 35.3 Å². The van der Waals surface area contributed by atoms with E-state index in [1.165, 1.54) is 7.11 Å². The number of methoxy groups -OCH3 is 4. The molecular weight excluding hydrogens is 495 g/mol. The number of nitrogens with zero attached hydrogens (tertiary/aromatic N) is 2. The Morgan fingerprint density at radius 2 is 1.26 bits per heavy atom. The molecule has 0 bridgehead atoms. The molecule has 4 rings (SSSR count). The van der Waals surface area contributed by atoms with Gasteiger partial charge in [-0.25, -0.2) is 0 Å². The van der Waals surface area contributed by atoms with E-state index in [2.05, 4.69) is 14.7 Å². The Hall–Kier alpha value is -3.04. The van der Waals surface area contributed by atoms with E-state index in [9.17, 15) is 5.11 Å². The van der Waals surface area contributed by atoms with E-state index in [4.69, 9.17) is 42.1 Å². The molecule has 2 aromatic carbocycles. The fourth-order valence-corrected chi connectivity index (χ4v) is 3.22. The maximum Gasteiger partial charge on any atom is 0.188 e. The first kappa shape index (κ1) is 28.2. The molecule has 0 atom stereocenters. The molecule has 188 valence electrons. The predicted octanol–water partition coefficient (Wildman–Crippen LogP) is 6.13. The van der Waals surface area contributed by atoms with Crippen molar-refractivity contribution >= 4 is 45.0 Å². The average molecular weight is 523 g/mol. The molecule has 4 aromatic rings. The highest BCUT2D eigenvalue weighted by atomic mass is 35.5. The fraction of sp³-hybridized carbons (Fsp3) is 0.280. The summed E-state index contributed by atoms with van der Waals surface area (Å²) < 4.78 is 25.0. The summed E-state index contributed by atoms with van der Waals surface area (Å²) in [6, 6.07) is 10.2. The van der Waals surface area contributed by atoms with Crippen LogP contribution in [0, 0.1) is 0 Å². The first-order chi connectivity index (χ1) is 16.9. The normalized spacial score (nSPS) is 10.1. The SMILES string of the molecule is CCOC.COCOc1cc2c(Cl)ccnc2cc1OC.COc1cc2nccc(Cl)c2cc1O. The van der Waals surface area contributed by atoms with Crippen molar-refractivity contribution in [3.63, 3.8) is 0 Å². The van der Waals surface area contributed by atoms with Gasteiger partial charge >= 0.3 is 0 Å². The number of benzene rings is 2. The third-order valence-corrected chi connectivity index (χ3v) is 5.24. The maximum atomic E-state index is 9.52. The van der Waals surface area contributed by atoms with Crippen molar-refractivity contribution in [3.05, 3.63) is 58.8 Å². The third kappa shape index (κ3) is 7.73. The van der Waals surface area contributed by atoms with Gasteiger partial charge in [0.1, 0.15) is 0 Å². The van der Waals surface area contributed by atoms with Crippen molar-refractivity contribution in [1.29, 1.82) is 0 Å². The maximum absolute atomic E-state index is 9.52. The first-order valence-corrected chi connectivity index (χ1v) is 11.2. The first-order valence-electron chi connectivity index (χ1n) is 10.4. The van der Waals surface area contributed by atoms with Crippen LogP contribution in [0.15, 0.2) is 48.8 Å². The summed E-state index contributed by atoms with van der Waals surface area (Å²) in [4.78, 5) is 8.34. The molecule has 2 heterocycles. The largest absolute Gasteiger partial charge is 0.504 e. The molecule has 1 N–H and O–H groups in total. The Bertz CT molecular complexity index is 1240. The zero-order chi connectivity index (χ0) is 25.8. The molecule has 0 spiro atoms. The fourth-order valence-electron chi connectivity index (χ4n) is 2.81. The number of rotatable bonds is 6. The second-order valence-electron chi connectivity index (χ2n) is 6.78. The van der Waals surface area contributed by atoms with Gasteiger partial charge in [0.15, 0.2) is 29.8 Å². The second-order valence-corrected chi connectivity index (χ2v) is 7.59. The number of phenolic OH excluding ortho intramolecular Hbond substituents is 1. The highest BCUT2D eigenvalue weighted by Gasteiger charge is 2.10. The van der Waals surface area contributed by atoms with Crippen LogP contribution in [-0.2, 0) is 9.47 Å². The van der Waals surface area contributed by atoms with Gasteiger partial charge in [-0.05, 0) is 31.2 Å². The predicted molar refractivity (Wildman–Crippen MR) is 138 cm³/mol. The van der Waals surface area contributed by atoms with Gasteiger partial charge in [0, 0.05) is 56.1 Å². The molecule has 0 saturated carbocycles. The average Bonchev–Trinajstić information content (AvgIpc) is 2.88. The van der Waals surface area contributed by atoms with Crippen LogP contribution < -0.4 is 14.2 Å². The van der Waals surface area contributed by atoms with Gasteiger partial charge in [0.25, 0.3) is 0 Å². The van der Waals surface area contributed by atoms with Crippen LogP contribution >= 0.6 is 23.2 Å². The molecule has 0 saturated heterocycles. The molecule has 0 fully saturated rings. The van der Waals surface area contributed by atoms with Crippen molar-refractivity contribution < 1.29 is 28.8 Å². The van der Waals surface area contributed by atoms with Crippen LogP contribution in [-0.4, -0.2) is 56.9 Å². The Kier molecular flexibility index (Phi) is 11.6. The van der Waals surface area contributed by atoms with E-state index < -0.39 is 0 Å². The van der Waals surface area contributed by atoms with Crippen LogP contribution in [0.3, 0.4) is 0 Å². The monoisotopic (exact) mass is 522 g/mol. The summed E-state index contributed by atoms with van der Waals surface area (Å²) in [6.07, 6.45) is 3.26. The lowest BCUT2D eigenvalue weighted by Gasteiger charge is -2.11. The van der Waals surface area contributed by atoms with Crippen molar-refractivity contribution in [2.45, 2.75) is 6.92 Å². The number of ether oxygens (including phenoxy) is 5. The van der Waals surface area contributed by atoms with Crippen molar-refractivity contribution in [3.8, 4) is 23.0 Å². The van der Waals surface area contributed by atoms with Gasteiger partial charge < -0.3 is 28.8 Å². The molecule has 0 radical (unpaired) electrons. The van der Waals surface area contributed by atoms with E-state index in [0.29, 0.717) is 38.2 Å². The summed E-state index contributed by atoms with van der Waals surface area (Å²) in [5, 5.41) is 12.2. The van der Waals surface area contributed by atoms with E-state index in [1.807, 2.05) is 6.92 Å². The number of aromatic hydroxyl groups is 1. The molecule has 0 aliphatic carbocycles. The van der Waals surface area contributed by atoms with Crippen LogP contribution in [0.5, 0.6) is 23.0 Å². The third-order valence-electron chi connectivity index (χ3n) is 4.58. The smallest absolute Gasteiger partial charge is 0.188 e.